The number of hydrogen-bond acceptors (Lipinski definition) is 7. The van der Waals surface area contributed by atoms with Crippen molar-refractivity contribution in [2.45, 2.75) is 26.6 Å². The molecule has 2 aromatic heterocycles. The summed E-state index contributed by atoms with van der Waals surface area (Å²) in [6.07, 6.45) is -3.29. The molecule has 1 fully saturated rings. The maximum Gasteiger partial charge on any atom is 0.416 e. The van der Waals surface area contributed by atoms with Crippen LogP contribution in [0.4, 0.5) is 24.5 Å². The minimum atomic E-state index is -4.61. The molecule has 0 saturated carbocycles. The quantitative estimate of drug-likeness (QED) is 0.499. The molecule has 1 aliphatic rings. The fourth-order valence-electron chi connectivity index (χ4n) is 4.03. The number of pyridine rings is 2. The lowest BCUT2D eigenvalue weighted by atomic mass is 10.1. The minimum Gasteiger partial charge on any atom is -0.452 e. The Morgan fingerprint density at radius 3 is 2.57 bits per heavy atom. The number of esters is 1. The standard InChI is InChI=1S/C25H25F3N4O5/c1-3-31-13-18(22(34)17-6-4-15(2)29-23(17)31)24(35)37-14-21(33)30-19-12-16(25(26,27)28)5-7-20(19)32-8-10-36-11-9-32/h4-7,12-13H,3,8-11,14H2,1-2H3,(H,30,33). The lowest BCUT2D eigenvalue weighted by molar-refractivity contribution is -0.137. The van der Waals surface area contributed by atoms with Crippen LogP contribution < -0.4 is 15.6 Å². The number of carbonyl (C=O) groups is 2. The predicted octanol–water partition coefficient (Wildman–Crippen LogP) is 3.38. The van der Waals surface area contributed by atoms with Crippen molar-refractivity contribution in [3.05, 3.63) is 63.6 Å². The number of aromatic nitrogens is 2. The molecule has 1 aliphatic heterocycles. The Morgan fingerprint density at radius 2 is 1.89 bits per heavy atom. The molecular weight excluding hydrogens is 493 g/mol. The largest absolute Gasteiger partial charge is 0.452 e. The van der Waals surface area contributed by atoms with Gasteiger partial charge in [0.25, 0.3) is 5.91 Å². The van der Waals surface area contributed by atoms with Crippen molar-refractivity contribution < 1.29 is 32.2 Å². The predicted molar refractivity (Wildman–Crippen MR) is 130 cm³/mol. The fraction of sp³-hybridized carbons (Fsp3) is 0.360. The number of halogens is 3. The summed E-state index contributed by atoms with van der Waals surface area (Å²) in [5, 5.41) is 2.64. The Balaban J connectivity index is 1.53. The van der Waals surface area contributed by atoms with E-state index in [2.05, 4.69) is 10.3 Å². The number of amides is 1. The van der Waals surface area contributed by atoms with Crippen molar-refractivity contribution in [3.63, 3.8) is 0 Å². The van der Waals surface area contributed by atoms with Crippen LogP contribution in [-0.2, 0) is 27.0 Å². The third-order valence-corrected chi connectivity index (χ3v) is 5.91. The van der Waals surface area contributed by atoms with E-state index in [1.165, 1.54) is 12.3 Å². The van der Waals surface area contributed by atoms with Crippen LogP contribution in [0.3, 0.4) is 0 Å². The fourth-order valence-corrected chi connectivity index (χ4v) is 4.03. The summed E-state index contributed by atoms with van der Waals surface area (Å²) in [4.78, 5) is 44.3. The lowest BCUT2D eigenvalue weighted by Gasteiger charge is -2.31. The molecule has 1 saturated heterocycles. The van der Waals surface area contributed by atoms with Crippen LogP contribution in [0.5, 0.6) is 0 Å². The Hall–Kier alpha value is -3.93. The van der Waals surface area contributed by atoms with Gasteiger partial charge in [-0.1, -0.05) is 0 Å². The summed E-state index contributed by atoms with van der Waals surface area (Å²) < 4.78 is 51.9. The molecule has 196 valence electrons. The molecule has 0 atom stereocenters. The van der Waals surface area contributed by atoms with Gasteiger partial charge < -0.3 is 24.3 Å². The topological polar surface area (TPSA) is 103 Å². The van der Waals surface area contributed by atoms with Gasteiger partial charge in [-0.15, -0.1) is 0 Å². The van der Waals surface area contributed by atoms with Crippen molar-refractivity contribution >= 4 is 34.3 Å². The highest BCUT2D eigenvalue weighted by molar-refractivity contribution is 5.98. The van der Waals surface area contributed by atoms with E-state index < -0.39 is 35.7 Å². The monoisotopic (exact) mass is 518 g/mol. The van der Waals surface area contributed by atoms with Crippen LogP contribution >= 0.6 is 0 Å². The molecule has 0 radical (unpaired) electrons. The van der Waals surface area contributed by atoms with Gasteiger partial charge >= 0.3 is 12.1 Å². The van der Waals surface area contributed by atoms with E-state index in [9.17, 15) is 27.6 Å². The minimum absolute atomic E-state index is 0.0711. The summed E-state index contributed by atoms with van der Waals surface area (Å²) in [6, 6.07) is 6.27. The highest BCUT2D eigenvalue weighted by atomic mass is 19.4. The molecule has 12 heteroatoms. The first-order chi connectivity index (χ1) is 17.6. The second kappa shape index (κ2) is 10.6. The van der Waals surface area contributed by atoms with Crippen molar-refractivity contribution in [1.29, 1.82) is 0 Å². The van der Waals surface area contributed by atoms with E-state index in [-0.39, 0.29) is 16.6 Å². The Labute approximate surface area is 209 Å². The van der Waals surface area contributed by atoms with Gasteiger partial charge in [0.05, 0.1) is 35.5 Å². The van der Waals surface area contributed by atoms with Crippen LogP contribution in [-0.4, -0.2) is 54.3 Å². The molecule has 3 heterocycles. The van der Waals surface area contributed by atoms with Crippen molar-refractivity contribution in [1.82, 2.24) is 9.55 Å². The number of fused-ring (bicyclic) bond motifs is 1. The van der Waals surface area contributed by atoms with Crippen molar-refractivity contribution in [2.75, 3.05) is 43.1 Å². The second-order valence-electron chi connectivity index (χ2n) is 8.44. The number of alkyl halides is 3. The molecule has 0 aliphatic carbocycles. The average molecular weight is 518 g/mol. The SMILES string of the molecule is CCn1cc(C(=O)OCC(=O)Nc2cc(C(F)(F)F)ccc2N2CCOCC2)c(=O)c2ccc(C)nc21. The zero-order chi connectivity index (χ0) is 26.7. The van der Waals surface area contributed by atoms with E-state index in [4.69, 9.17) is 9.47 Å². The first-order valence-electron chi connectivity index (χ1n) is 11.6. The van der Waals surface area contributed by atoms with E-state index in [1.54, 1.807) is 28.5 Å². The molecule has 0 bridgehead atoms. The maximum absolute atomic E-state index is 13.3. The maximum atomic E-state index is 13.3. The third kappa shape index (κ3) is 5.74. The Bertz CT molecular complexity index is 1400. The van der Waals surface area contributed by atoms with Gasteiger partial charge in [-0.3, -0.25) is 9.59 Å². The first kappa shape index (κ1) is 26.1. The molecule has 37 heavy (non-hydrogen) atoms. The molecule has 1 amide bonds. The third-order valence-electron chi connectivity index (χ3n) is 5.91. The van der Waals surface area contributed by atoms with Crippen molar-refractivity contribution in [2.24, 2.45) is 0 Å². The normalized spacial score (nSPS) is 14.0. The molecule has 4 rings (SSSR count). The Kier molecular flexibility index (Phi) is 7.48. The number of benzene rings is 1. The van der Waals surface area contributed by atoms with E-state index in [0.29, 0.717) is 49.9 Å². The van der Waals surface area contributed by atoms with Gasteiger partial charge in [-0.25, -0.2) is 9.78 Å². The zero-order valence-electron chi connectivity index (χ0n) is 20.2. The van der Waals surface area contributed by atoms with E-state index in [0.717, 1.165) is 12.1 Å². The number of nitrogens with one attached hydrogen (secondary N) is 1. The number of morpholine rings is 1. The van der Waals surface area contributed by atoms with Crippen molar-refractivity contribution in [3.8, 4) is 0 Å². The highest BCUT2D eigenvalue weighted by Crippen LogP contribution is 2.35. The number of aryl methyl sites for hydroxylation is 2. The first-order valence-corrected chi connectivity index (χ1v) is 11.6. The zero-order valence-corrected chi connectivity index (χ0v) is 20.2. The van der Waals surface area contributed by atoms with Gasteiger partial charge in [0.2, 0.25) is 5.43 Å². The average Bonchev–Trinajstić information content (AvgIpc) is 2.87. The number of rotatable bonds is 6. The summed E-state index contributed by atoms with van der Waals surface area (Å²) in [5.74, 6) is -1.88. The molecule has 0 unspecified atom stereocenters. The number of hydrogen-bond donors (Lipinski definition) is 1. The van der Waals surface area contributed by atoms with Gasteiger partial charge in [-0.2, -0.15) is 13.2 Å². The summed E-state index contributed by atoms with van der Waals surface area (Å²) in [7, 11) is 0. The van der Waals surface area contributed by atoms with Gasteiger partial charge in [0.1, 0.15) is 11.2 Å². The van der Waals surface area contributed by atoms with E-state index >= 15 is 0 Å². The lowest BCUT2D eigenvalue weighted by Crippen LogP contribution is -2.37. The molecule has 3 aromatic rings. The Morgan fingerprint density at radius 1 is 1.16 bits per heavy atom. The molecule has 9 nitrogen and oxygen atoms in total. The smallest absolute Gasteiger partial charge is 0.416 e. The van der Waals surface area contributed by atoms with Crippen LogP contribution in [0.15, 0.2) is 41.3 Å². The number of nitrogens with zero attached hydrogens (tertiary/aromatic N) is 3. The van der Waals surface area contributed by atoms with Crippen LogP contribution in [0.2, 0.25) is 0 Å². The number of carbonyl (C=O) groups excluding carboxylic acids is 2. The molecular formula is C25H25F3N4O5. The number of anilines is 2. The van der Waals surface area contributed by atoms with Gasteiger partial charge in [-0.05, 0) is 44.2 Å². The number of ether oxygens (including phenoxy) is 2. The second-order valence-corrected chi connectivity index (χ2v) is 8.44. The van der Waals surface area contributed by atoms with Gasteiger partial charge in [0.15, 0.2) is 6.61 Å². The van der Waals surface area contributed by atoms with Crippen LogP contribution in [0.1, 0.15) is 28.5 Å². The molecule has 1 aromatic carbocycles. The summed E-state index contributed by atoms with van der Waals surface area (Å²) in [5.41, 5.74) is -0.366. The molecule has 1 N–H and O–H groups in total. The summed E-state index contributed by atoms with van der Waals surface area (Å²) >= 11 is 0. The molecule has 0 spiro atoms. The van der Waals surface area contributed by atoms with Crippen LogP contribution in [0.25, 0.3) is 11.0 Å². The highest BCUT2D eigenvalue weighted by Gasteiger charge is 2.32. The van der Waals surface area contributed by atoms with Gasteiger partial charge in [0, 0.05) is 31.5 Å². The summed E-state index contributed by atoms with van der Waals surface area (Å²) in [6.45, 7) is 4.87. The van der Waals surface area contributed by atoms with E-state index in [1.807, 2.05) is 6.92 Å². The van der Waals surface area contributed by atoms with Crippen LogP contribution in [0, 0.1) is 6.92 Å².